The minimum absolute atomic E-state index is 0. The van der Waals surface area contributed by atoms with E-state index in [9.17, 15) is 4.79 Å². The molecule has 2 heterocycles. The number of nitrogens with one attached hydrogen (secondary N) is 1. The lowest BCUT2D eigenvalue weighted by Gasteiger charge is -2.49. The first kappa shape index (κ1) is 21.7. The van der Waals surface area contributed by atoms with Gasteiger partial charge in [-0.15, -0.1) is 24.0 Å². The van der Waals surface area contributed by atoms with E-state index >= 15 is 0 Å². The summed E-state index contributed by atoms with van der Waals surface area (Å²) in [6, 6.07) is 0.196. The van der Waals surface area contributed by atoms with Gasteiger partial charge in [-0.1, -0.05) is 0 Å². The molecule has 0 aromatic carbocycles. The number of hydrogen-bond donors (Lipinski definition) is 1. The van der Waals surface area contributed by atoms with Gasteiger partial charge in [-0.2, -0.15) is 0 Å². The zero-order valence-corrected chi connectivity index (χ0v) is 18.4. The van der Waals surface area contributed by atoms with Crippen LogP contribution in [0.1, 0.15) is 40.4 Å². The molecule has 1 fully saturated rings. The molecule has 1 aliphatic heterocycles. The van der Waals surface area contributed by atoms with Crippen LogP contribution >= 0.6 is 24.0 Å². The molecule has 0 unspecified atom stereocenters. The van der Waals surface area contributed by atoms with Crippen molar-refractivity contribution in [1.82, 2.24) is 24.7 Å². The van der Waals surface area contributed by atoms with Crippen LogP contribution < -0.4 is 5.32 Å². The Hall–Kier alpha value is -1.32. The van der Waals surface area contributed by atoms with Gasteiger partial charge in [0.05, 0.1) is 12.1 Å². The van der Waals surface area contributed by atoms with Gasteiger partial charge in [0.25, 0.3) is 0 Å². The number of halogens is 1. The maximum Gasteiger partial charge on any atom is 0.242 e. The van der Waals surface area contributed by atoms with Crippen molar-refractivity contribution in [2.45, 2.75) is 52.7 Å². The summed E-state index contributed by atoms with van der Waals surface area (Å²) >= 11 is 0. The van der Waals surface area contributed by atoms with Crippen molar-refractivity contribution in [3.63, 3.8) is 0 Å². The van der Waals surface area contributed by atoms with E-state index in [2.05, 4.69) is 43.0 Å². The number of hydrogen-bond acceptors (Lipinski definition) is 3. The van der Waals surface area contributed by atoms with Gasteiger partial charge in [0.2, 0.25) is 5.91 Å². The molecule has 0 aliphatic carbocycles. The molecule has 25 heavy (non-hydrogen) atoms. The molecule has 1 N–H and O–H groups in total. The van der Waals surface area contributed by atoms with Gasteiger partial charge in [0.1, 0.15) is 12.4 Å². The summed E-state index contributed by atoms with van der Waals surface area (Å²) in [6.45, 7) is 12.7. The van der Waals surface area contributed by atoms with Crippen molar-refractivity contribution < 1.29 is 4.79 Å². The molecule has 1 aromatic heterocycles. The molecule has 1 saturated heterocycles. The lowest BCUT2D eigenvalue weighted by Crippen LogP contribution is -2.66. The third kappa shape index (κ3) is 5.08. The standard InChI is InChI=1S/C17H30N6O.HI/c1-7-18-16(20-10-14-19-8-9-21(14)6)22-11-15(24)23(13(2)3)17(4,5)12-22;/h8-9,13H,7,10-12H2,1-6H3,(H,18,20);1H. The molecular formula is C17H31IN6O. The average Bonchev–Trinajstić information content (AvgIpc) is 2.86. The quantitative estimate of drug-likeness (QED) is 0.422. The molecule has 8 heteroatoms. The molecule has 0 saturated carbocycles. The van der Waals surface area contributed by atoms with Crippen LogP contribution in [0.15, 0.2) is 17.4 Å². The Balaban J connectivity index is 0.00000312. The van der Waals surface area contributed by atoms with Crippen LogP contribution in [-0.4, -0.2) is 62.4 Å². The Labute approximate surface area is 167 Å². The molecule has 0 atom stereocenters. The van der Waals surface area contributed by atoms with Crippen LogP contribution in [0.5, 0.6) is 0 Å². The van der Waals surface area contributed by atoms with Gasteiger partial charge >= 0.3 is 0 Å². The minimum atomic E-state index is -0.233. The summed E-state index contributed by atoms with van der Waals surface area (Å²) in [5, 5.41) is 3.30. The van der Waals surface area contributed by atoms with Gasteiger partial charge in [0, 0.05) is 38.6 Å². The largest absolute Gasteiger partial charge is 0.356 e. The maximum absolute atomic E-state index is 12.6. The van der Waals surface area contributed by atoms with Crippen LogP contribution in [0.25, 0.3) is 0 Å². The van der Waals surface area contributed by atoms with Crippen molar-refractivity contribution in [3.05, 3.63) is 18.2 Å². The Bertz CT molecular complexity index is 610. The van der Waals surface area contributed by atoms with E-state index in [-0.39, 0.29) is 41.5 Å². The first-order chi connectivity index (χ1) is 11.3. The number of carbonyl (C=O) groups excluding carboxylic acids is 1. The highest BCUT2D eigenvalue weighted by atomic mass is 127. The smallest absolute Gasteiger partial charge is 0.242 e. The van der Waals surface area contributed by atoms with E-state index in [1.807, 2.05) is 34.5 Å². The number of imidazole rings is 1. The molecule has 2 rings (SSSR count). The number of rotatable bonds is 4. The van der Waals surface area contributed by atoms with Crippen molar-refractivity contribution in [1.29, 1.82) is 0 Å². The lowest BCUT2D eigenvalue weighted by atomic mass is 9.96. The molecule has 1 amide bonds. The molecule has 1 aliphatic rings. The number of amides is 1. The van der Waals surface area contributed by atoms with Crippen molar-refractivity contribution in [2.75, 3.05) is 19.6 Å². The van der Waals surface area contributed by atoms with E-state index in [1.54, 1.807) is 6.20 Å². The first-order valence-electron chi connectivity index (χ1n) is 8.58. The Morgan fingerprint density at radius 3 is 2.60 bits per heavy atom. The highest BCUT2D eigenvalue weighted by molar-refractivity contribution is 14.0. The second-order valence-corrected chi connectivity index (χ2v) is 7.15. The zero-order valence-electron chi connectivity index (χ0n) is 16.1. The predicted molar refractivity (Wildman–Crippen MR) is 111 cm³/mol. The molecule has 0 spiro atoms. The van der Waals surface area contributed by atoms with Gasteiger partial charge in [0.15, 0.2) is 5.96 Å². The van der Waals surface area contributed by atoms with Crippen LogP contribution in [-0.2, 0) is 18.4 Å². The summed E-state index contributed by atoms with van der Waals surface area (Å²) in [5.41, 5.74) is -0.233. The van der Waals surface area contributed by atoms with Crippen LogP contribution in [0.2, 0.25) is 0 Å². The third-order valence-corrected chi connectivity index (χ3v) is 4.27. The number of guanidine groups is 1. The number of aryl methyl sites for hydroxylation is 1. The summed E-state index contributed by atoms with van der Waals surface area (Å²) in [7, 11) is 1.96. The van der Waals surface area contributed by atoms with Gasteiger partial charge in [-0.25, -0.2) is 9.98 Å². The van der Waals surface area contributed by atoms with Crippen LogP contribution in [0.3, 0.4) is 0 Å². The van der Waals surface area contributed by atoms with E-state index < -0.39 is 0 Å². The van der Waals surface area contributed by atoms with Crippen molar-refractivity contribution in [2.24, 2.45) is 12.0 Å². The monoisotopic (exact) mass is 462 g/mol. The normalized spacial score (nSPS) is 17.7. The molecule has 7 nitrogen and oxygen atoms in total. The third-order valence-electron chi connectivity index (χ3n) is 4.27. The van der Waals surface area contributed by atoms with E-state index in [1.165, 1.54) is 0 Å². The summed E-state index contributed by atoms with van der Waals surface area (Å²) < 4.78 is 1.96. The SMILES string of the molecule is CCNC(=NCc1nccn1C)N1CC(=O)N(C(C)C)C(C)(C)C1.I. The zero-order chi connectivity index (χ0) is 17.9. The van der Waals surface area contributed by atoms with Gasteiger partial charge in [-0.05, 0) is 34.6 Å². The summed E-state index contributed by atoms with van der Waals surface area (Å²) in [4.78, 5) is 25.7. The van der Waals surface area contributed by atoms with E-state index in [0.29, 0.717) is 13.1 Å². The number of nitrogens with zero attached hydrogens (tertiary/aromatic N) is 5. The molecular weight excluding hydrogens is 431 g/mol. The maximum atomic E-state index is 12.6. The Morgan fingerprint density at radius 2 is 2.12 bits per heavy atom. The summed E-state index contributed by atoms with van der Waals surface area (Å²) in [5.74, 6) is 1.81. The fourth-order valence-electron chi connectivity index (χ4n) is 3.43. The molecule has 1 aromatic rings. The number of piperazine rings is 1. The van der Waals surface area contributed by atoms with Gasteiger partial charge in [-0.3, -0.25) is 4.79 Å². The second kappa shape index (κ2) is 8.86. The number of aromatic nitrogens is 2. The van der Waals surface area contributed by atoms with Crippen LogP contribution in [0, 0.1) is 0 Å². The fraction of sp³-hybridized carbons (Fsp3) is 0.706. The van der Waals surface area contributed by atoms with Crippen molar-refractivity contribution in [3.8, 4) is 0 Å². The first-order valence-corrected chi connectivity index (χ1v) is 8.58. The van der Waals surface area contributed by atoms with Crippen LogP contribution in [0.4, 0.5) is 0 Å². The highest BCUT2D eigenvalue weighted by Gasteiger charge is 2.40. The predicted octanol–water partition coefficient (Wildman–Crippen LogP) is 1.83. The molecule has 0 bridgehead atoms. The van der Waals surface area contributed by atoms with E-state index in [0.717, 1.165) is 24.9 Å². The van der Waals surface area contributed by atoms with E-state index in [4.69, 9.17) is 0 Å². The Kier molecular flexibility index (Phi) is 7.70. The average molecular weight is 462 g/mol. The topological polar surface area (TPSA) is 65.8 Å². The summed E-state index contributed by atoms with van der Waals surface area (Å²) in [6.07, 6.45) is 3.68. The number of carbonyl (C=O) groups is 1. The fourth-order valence-corrected chi connectivity index (χ4v) is 3.43. The van der Waals surface area contributed by atoms with Gasteiger partial charge < -0.3 is 19.7 Å². The Morgan fingerprint density at radius 1 is 1.44 bits per heavy atom. The molecule has 0 radical (unpaired) electrons. The lowest BCUT2D eigenvalue weighted by molar-refractivity contribution is -0.145. The number of aliphatic imine (C=N–C) groups is 1. The molecule has 142 valence electrons. The van der Waals surface area contributed by atoms with Crippen molar-refractivity contribution >= 4 is 35.8 Å². The second-order valence-electron chi connectivity index (χ2n) is 7.15. The minimum Gasteiger partial charge on any atom is -0.356 e. The highest BCUT2D eigenvalue weighted by Crippen LogP contribution is 2.24.